The largest absolute Gasteiger partial charge is 0.482 e. The van der Waals surface area contributed by atoms with Gasteiger partial charge in [-0.05, 0) is 35.9 Å². The number of ether oxygens (including phenoxy) is 1. The van der Waals surface area contributed by atoms with Crippen molar-refractivity contribution in [2.45, 2.75) is 6.10 Å². The molecule has 2 aromatic carbocycles. The first-order chi connectivity index (χ1) is 9.26. The van der Waals surface area contributed by atoms with Gasteiger partial charge >= 0.3 is 0 Å². The minimum atomic E-state index is -0.0676. The first-order valence-corrected chi connectivity index (χ1v) is 6.76. The fraction of sp³-hybridized carbons (Fsp3) is 0.133. The summed E-state index contributed by atoms with van der Waals surface area (Å²) in [5.74, 6) is 0.835. The molecule has 1 aliphatic heterocycles. The zero-order valence-corrected chi connectivity index (χ0v) is 11.6. The van der Waals surface area contributed by atoms with E-state index in [1.807, 2.05) is 36.4 Å². The van der Waals surface area contributed by atoms with Gasteiger partial charge in [0.05, 0.1) is 23.9 Å². The van der Waals surface area contributed by atoms with E-state index in [2.05, 4.69) is 27.3 Å². The van der Waals surface area contributed by atoms with Gasteiger partial charge < -0.3 is 10.1 Å². The molecule has 0 saturated heterocycles. The number of nitriles is 1. The van der Waals surface area contributed by atoms with E-state index < -0.39 is 0 Å². The molecule has 4 heteroatoms. The monoisotopic (exact) mass is 314 g/mol. The third kappa shape index (κ3) is 2.42. The molecule has 94 valence electrons. The van der Waals surface area contributed by atoms with Gasteiger partial charge in [-0.15, -0.1) is 0 Å². The van der Waals surface area contributed by atoms with Crippen LogP contribution in [0.2, 0.25) is 0 Å². The van der Waals surface area contributed by atoms with Crippen molar-refractivity contribution in [2.24, 2.45) is 0 Å². The number of nitrogens with one attached hydrogen (secondary N) is 1. The number of benzene rings is 2. The highest BCUT2D eigenvalue weighted by Gasteiger charge is 2.21. The molecule has 3 rings (SSSR count). The summed E-state index contributed by atoms with van der Waals surface area (Å²) in [5, 5.41) is 12.3. The van der Waals surface area contributed by atoms with Crippen molar-refractivity contribution in [1.82, 2.24) is 0 Å². The molecular weight excluding hydrogens is 304 g/mol. The maximum Gasteiger partial charge on any atom is 0.143 e. The number of rotatable bonds is 1. The van der Waals surface area contributed by atoms with E-state index >= 15 is 0 Å². The van der Waals surface area contributed by atoms with E-state index in [-0.39, 0.29) is 6.10 Å². The van der Waals surface area contributed by atoms with Crippen molar-refractivity contribution in [3.63, 3.8) is 0 Å². The molecule has 0 aromatic heterocycles. The molecule has 1 aliphatic rings. The molecule has 3 nitrogen and oxygen atoms in total. The van der Waals surface area contributed by atoms with Gasteiger partial charge in [0.25, 0.3) is 0 Å². The molecule has 2 aromatic rings. The number of fused-ring (bicyclic) bond motifs is 1. The van der Waals surface area contributed by atoms with Gasteiger partial charge in [-0.25, -0.2) is 0 Å². The fourth-order valence-corrected chi connectivity index (χ4v) is 2.50. The second kappa shape index (κ2) is 4.94. The first-order valence-electron chi connectivity index (χ1n) is 5.96. The van der Waals surface area contributed by atoms with Crippen LogP contribution in [0.4, 0.5) is 5.69 Å². The average Bonchev–Trinajstić information content (AvgIpc) is 2.46. The van der Waals surface area contributed by atoms with Crippen molar-refractivity contribution in [3.05, 3.63) is 58.1 Å². The Kier molecular flexibility index (Phi) is 3.14. The van der Waals surface area contributed by atoms with Crippen LogP contribution in [-0.2, 0) is 0 Å². The third-order valence-corrected chi connectivity index (χ3v) is 3.57. The van der Waals surface area contributed by atoms with Crippen LogP contribution in [0.5, 0.6) is 5.75 Å². The van der Waals surface area contributed by atoms with Gasteiger partial charge in [-0.1, -0.05) is 28.1 Å². The van der Waals surface area contributed by atoms with Crippen molar-refractivity contribution in [1.29, 1.82) is 5.26 Å². The summed E-state index contributed by atoms with van der Waals surface area (Å²) in [6.45, 7) is 0.693. The van der Waals surface area contributed by atoms with Crippen LogP contribution in [0.1, 0.15) is 17.2 Å². The summed E-state index contributed by atoms with van der Waals surface area (Å²) in [4.78, 5) is 0. The molecule has 0 saturated carbocycles. The summed E-state index contributed by atoms with van der Waals surface area (Å²) in [6.07, 6.45) is -0.0676. The Labute approximate surface area is 120 Å². The number of hydrogen-bond donors (Lipinski definition) is 1. The SMILES string of the molecule is N#Cc1cccc(C2CNc3cc(Br)ccc3O2)c1. The molecular formula is C15H11BrN2O. The van der Waals surface area contributed by atoms with E-state index in [1.165, 1.54) is 0 Å². The van der Waals surface area contributed by atoms with E-state index in [9.17, 15) is 0 Å². The van der Waals surface area contributed by atoms with Crippen molar-refractivity contribution >= 4 is 21.6 Å². The lowest BCUT2D eigenvalue weighted by Crippen LogP contribution is -2.23. The summed E-state index contributed by atoms with van der Waals surface area (Å²) in [5.41, 5.74) is 2.66. The van der Waals surface area contributed by atoms with E-state index in [0.717, 1.165) is 21.5 Å². The highest BCUT2D eigenvalue weighted by Crippen LogP contribution is 2.35. The summed E-state index contributed by atoms with van der Waals surface area (Å²) >= 11 is 3.44. The molecule has 0 bridgehead atoms. The minimum absolute atomic E-state index is 0.0676. The van der Waals surface area contributed by atoms with Crippen LogP contribution in [-0.4, -0.2) is 6.54 Å². The lowest BCUT2D eigenvalue weighted by molar-refractivity contribution is 0.210. The molecule has 1 unspecified atom stereocenters. The molecule has 19 heavy (non-hydrogen) atoms. The smallest absolute Gasteiger partial charge is 0.143 e. The predicted octanol–water partition coefficient (Wildman–Crippen LogP) is 3.87. The molecule has 0 aliphatic carbocycles. The molecule has 1 heterocycles. The molecule has 0 fully saturated rings. The Morgan fingerprint density at radius 1 is 1.26 bits per heavy atom. The quantitative estimate of drug-likeness (QED) is 0.869. The first kappa shape index (κ1) is 12.1. The second-order valence-corrected chi connectivity index (χ2v) is 5.28. The Hall–Kier alpha value is -1.99. The lowest BCUT2D eigenvalue weighted by Gasteiger charge is -2.27. The van der Waals surface area contributed by atoms with Gasteiger partial charge in [0.2, 0.25) is 0 Å². The topological polar surface area (TPSA) is 45.0 Å². The maximum absolute atomic E-state index is 8.94. The van der Waals surface area contributed by atoms with Crippen LogP contribution in [0.15, 0.2) is 46.9 Å². The van der Waals surface area contributed by atoms with E-state index in [4.69, 9.17) is 10.00 Å². The van der Waals surface area contributed by atoms with Gasteiger partial charge in [0.15, 0.2) is 0 Å². The van der Waals surface area contributed by atoms with Crippen LogP contribution in [0.3, 0.4) is 0 Å². The molecule has 0 radical (unpaired) electrons. The standard InChI is InChI=1S/C15H11BrN2O/c16-12-4-5-14-13(7-12)18-9-15(19-14)11-3-1-2-10(6-11)8-17/h1-7,15,18H,9H2. The van der Waals surface area contributed by atoms with E-state index in [0.29, 0.717) is 12.1 Å². The number of hydrogen-bond acceptors (Lipinski definition) is 3. The highest BCUT2D eigenvalue weighted by molar-refractivity contribution is 9.10. The average molecular weight is 315 g/mol. The Morgan fingerprint density at radius 2 is 2.16 bits per heavy atom. The Morgan fingerprint density at radius 3 is 3.00 bits per heavy atom. The normalized spacial score (nSPS) is 16.7. The highest BCUT2D eigenvalue weighted by atomic mass is 79.9. The summed E-state index contributed by atoms with van der Waals surface area (Å²) in [7, 11) is 0. The van der Waals surface area contributed by atoms with Crippen LogP contribution >= 0.6 is 15.9 Å². The molecule has 1 atom stereocenters. The van der Waals surface area contributed by atoms with Crippen LogP contribution in [0.25, 0.3) is 0 Å². The zero-order chi connectivity index (χ0) is 13.2. The molecule has 1 N–H and O–H groups in total. The summed E-state index contributed by atoms with van der Waals surface area (Å²) in [6, 6.07) is 15.6. The van der Waals surface area contributed by atoms with Gasteiger partial charge in [0, 0.05) is 4.47 Å². The van der Waals surface area contributed by atoms with Gasteiger partial charge in [-0.3, -0.25) is 0 Å². The maximum atomic E-state index is 8.94. The van der Waals surface area contributed by atoms with Crippen molar-refractivity contribution < 1.29 is 4.74 Å². The van der Waals surface area contributed by atoms with Gasteiger partial charge in [0.1, 0.15) is 11.9 Å². The summed E-state index contributed by atoms with van der Waals surface area (Å²) < 4.78 is 7.00. The Bertz CT molecular complexity index is 663. The lowest BCUT2D eigenvalue weighted by atomic mass is 10.0. The van der Waals surface area contributed by atoms with Crippen LogP contribution in [0, 0.1) is 11.3 Å². The zero-order valence-electron chi connectivity index (χ0n) is 10.1. The second-order valence-electron chi connectivity index (χ2n) is 4.37. The molecule has 0 amide bonds. The number of anilines is 1. The number of nitrogens with zero attached hydrogens (tertiary/aromatic N) is 1. The van der Waals surface area contributed by atoms with E-state index in [1.54, 1.807) is 6.07 Å². The Balaban J connectivity index is 1.89. The fourth-order valence-electron chi connectivity index (χ4n) is 2.14. The van der Waals surface area contributed by atoms with Crippen LogP contribution < -0.4 is 10.1 Å². The third-order valence-electron chi connectivity index (χ3n) is 3.08. The minimum Gasteiger partial charge on any atom is -0.482 e. The number of halogens is 1. The van der Waals surface area contributed by atoms with Crippen molar-refractivity contribution in [3.8, 4) is 11.8 Å². The molecule has 0 spiro atoms. The van der Waals surface area contributed by atoms with Gasteiger partial charge in [-0.2, -0.15) is 5.26 Å². The van der Waals surface area contributed by atoms with Crippen molar-refractivity contribution in [2.75, 3.05) is 11.9 Å². The predicted molar refractivity (Wildman–Crippen MR) is 77.2 cm³/mol.